The fraction of sp³-hybridized carbons (Fsp3) is 0.115. The van der Waals surface area contributed by atoms with Crippen LogP contribution in [0.3, 0.4) is 0 Å². The number of rotatable bonds is 9. The van der Waals surface area contributed by atoms with Gasteiger partial charge in [0.25, 0.3) is 0 Å². The van der Waals surface area contributed by atoms with Crippen LogP contribution in [0.4, 0.5) is 22.7 Å². The van der Waals surface area contributed by atoms with Crippen LogP contribution in [0.25, 0.3) is 51.1 Å². The van der Waals surface area contributed by atoms with Crippen molar-refractivity contribution >= 4 is 45.8 Å². The van der Waals surface area contributed by atoms with Crippen LogP contribution >= 0.6 is 0 Å². The van der Waals surface area contributed by atoms with Gasteiger partial charge in [-0.3, -0.25) is 7.05 Å². The molecule has 2 heterocycles. The van der Waals surface area contributed by atoms with Gasteiger partial charge in [0.15, 0.2) is 0 Å². The number of benzene rings is 6. The van der Waals surface area contributed by atoms with E-state index < -0.39 is 66.5 Å². The molecule has 5 nitrogen and oxygen atoms in total. The molecule has 1 unspecified atom stereocenters. The van der Waals surface area contributed by atoms with Crippen LogP contribution in [0.15, 0.2) is 164 Å². The summed E-state index contributed by atoms with van der Waals surface area (Å²) in [4.78, 5) is 6.27. The number of fused-ring (bicyclic) bond motifs is 3. The third-order valence-corrected chi connectivity index (χ3v) is 9.93. The molecule has 290 valence electrons. The van der Waals surface area contributed by atoms with E-state index in [0.717, 1.165) is 32.9 Å². The molecule has 0 bridgehead atoms. The molecule has 2 aromatic heterocycles. The van der Waals surface area contributed by atoms with Crippen molar-refractivity contribution in [1.82, 2.24) is 9.55 Å². The van der Waals surface area contributed by atoms with Crippen molar-refractivity contribution in [3.63, 3.8) is 0 Å². The Labute approximate surface area is 369 Å². The molecule has 1 aliphatic carbocycles. The van der Waals surface area contributed by atoms with Gasteiger partial charge in [-0.15, -0.1) is 28.8 Å². The molecule has 1 atom stereocenters. The molecule has 6 heteroatoms. The van der Waals surface area contributed by atoms with E-state index >= 15 is 0 Å². The van der Waals surface area contributed by atoms with Crippen molar-refractivity contribution in [2.45, 2.75) is 38.7 Å². The fourth-order valence-electron chi connectivity index (χ4n) is 7.20. The van der Waals surface area contributed by atoms with Crippen molar-refractivity contribution in [3.05, 3.63) is 193 Å². The van der Waals surface area contributed by atoms with Gasteiger partial charge >= 0.3 is 0 Å². The molecule has 1 N–H and O–H groups in total. The molecule has 9 rings (SSSR count). The minimum absolute atomic E-state index is 0. The van der Waals surface area contributed by atoms with Crippen molar-refractivity contribution in [1.29, 1.82) is 0 Å². The van der Waals surface area contributed by atoms with E-state index in [4.69, 9.17) is 23.4 Å². The van der Waals surface area contributed by atoms with Gasteiger partial charge in [-0.05, 0) is 58.9 Å². The van der Waals surface area contributed by atoms with Crippen molar-refractivity contribution in [2.75, 3.05) is 10.2 Å². The number of anilines is 4. The van der Waals surface area contributed by atoms with Crippen LogP contribution in [-0.2, 0) is 26.5 Å². The average Bonchev–Trinajstić information content (AvgIpc) is 3.65. The molecule has 0 saturated heterocycles. The van der Waals surface area contributed by atoms with Gasteiger partial charge in [0.05, 0.1) is 19.4 Å². The molecule has 58 heavy (non-hydrogen) atoms. The second-order valence-electron chi connectivity index (χ2n) is 14.7. The number of hydrogen-bond acceptors (Lipinski definition) is 4. The Kier molecular flexibility index (Phi) is 7.98. The summed E-state index contributed by atoms with van der Waals surface area (Å²) in [6.07, 6.45) is 7.75. The molecular weight excluding hydrogens is 892 g/mol. The van der Waals surface area contributed by atoms with Crippen LogP contribution in [0.2, 0.25) is 0 Å². The summed E-state index contributed by atoms with van der Waals surface area (Å²) in [6.45, 7) is 6.53. The average molecular weight is 945 g/mol. The Morgan fingerprint density at radius 3 is 2.22 bits per heavy atom. The second kappa shape index (κ2) is 16.4. The first-order valence-corrected chi connectivity index (χ1v) is 18.6. The predicted octanol–water partition coefficient (Wildman–Crippen LogP) is 11.4. The normalized spacial score (nSPS) is 15.8. The first-order chi connectivity index (χ1) is 32.0. The summed E-state index contributed by atoms with van der Waals surface area (Å²) in [5, 5.41) is 6.45. The molecule has 0 radical (unpaired) electrons. The number of nitrogens with one attached hydrogen (secondary N) is 1. The number of ether oxygens (including phenoxy) is 1. The van der Waals surface area contributed by atoms with E-state index in [-0.39, 0.29) is 54.4 Å². The molecule has 1 aliphatic rings. The third kappa shape index (κ3) is 7.63. The Morgan fingerprint density at radius 1 is 0.828 bits per heavy atom. The standard InChI is InChI=1S/C52H43N4O.Pt/c1-52(2,3)38-31-32-53-50(33-38)56-47-27-13-11-23-44(47)45-30-29-41(35-49(45)56)57-40-22-15-21-39(34-40)54-46-26-12-14-28-48(46)55(4)51-42(36-17-7-5-8-18-36)24-16-25-43(51)37-19-9-6-10-20-37;/h5-28,30-33,41,54H,4,29H2,1-3H3;/q-3;/i5D,6D,7D,8D,9D,10D,17D,18D,19D,20D;. The summed E-state index contributed by atoms with van der Waals surface area (Å²) in [5.74, 6) is 1.24. The molecular formula is C52H43N4OPt-3. The summed E-state index contributed by atoms with van der Waals surface area (Å²) in [6, 6.07) is 27.7. The zero-order valence-electron chi connectivity index (χ0n) is 41.9. The largest absolute Gasteiger partial charge is 0.530 e. The van der Waals surface area contributed by atoms with Crippen molar-refractivity contribution in [2.24, 2.45) is 0 Å². The Bertz CT molecular complexity index is 3300. The maximum atomic E-state index is 8.90. The molecule has 0 aliphatic heterocycles. The van der Waals surface area contributed by atoms with Gasteiger partial charge in [0.2, 0.25) is 0 Å². The zero-order valence-corrected chi connectivity index (χ0v) is 34.2. The topological polar surface area (TPSA) is 42.3 Å². The van der Waals surface area contributed by atoms with Gasteiger partial charge in [-0.1, -0.05) is 141 Å². The van der Waals surface area contributed by atoms with Gasteiger partial charge in [0.1, 0.15) is 5.82 Å². The Hall–Kier alpha value is -6.16. The summed E-state index contributed by atoms with van der Waals surface area (Å²) in [5.41, 5.74) is 3.66. The number of nitrogens with zero attached hydrogens (tertiary/aromatic N) is 3. The summed E-state index contributed by atoms with van der Waals surface area (Å²) < 4.78 is 94.7. The number of pyridine rings is 1. The van der Waals surface area contributed by atoms with Gasteiger partial charge in [-0.2, -0.15) is 12.1 Å². The maximum Gasteiger partial charge on any atom is 0.134 e. The van der Waals surface area contributed by atoms with Crippen LogP contribution in [0.5, 0.6) is 5.75 Å². The number of aromatic nitrogens is 2. The monoisotopic (exact) mass is 944 g/mol. The van der Waals surface area contributed by atoms with Crippen LogP contribution in [-0.4, -0.2) is 15.7 Å². The van der Waals surface area contributed by atoms with E-state index in [9.17, 15) is 0 Å². The number of hydrogen-bond donors (Lipinski definition) is 1. The quantitative estimate of drug-likeness (QED) is 0.146. The van der Waals surface area contributed by atoms with Gasteiger partial charge < -0.3 is 19.5 Å². The molecule has 0 spiro atoms. The fourth-order valence-corrected chi connectivity index (χ4v) is 7.20. The van der Waals surface area contributed by atoms with Crippen LogP contribution < -0.4 is 25.5 Å². The van der Waals surface area contributed by atoms with Crippen LogP contribution in [0, 0.1) is 13.1 Å². The van der Waals surface area contributed by atoms with Gasteiger partial charge in [0, 0.05) is 67.1 Å². The molecule has 8 aromatic rings. The first kappa shape index (κ1) is 28.3. The smallest absolute Gasteiger partial charge is 0.134 e. The van der Waals surface area contributed by atoms with E-state index in [1.165, 1.54) is 4.90 Å². The SMILES string of the molecule is [2H]c1c([2H])c([2H])c(-c2cccc(-c3c([2H])c([2H])c([2H])c([2H])c3[2H])c2N([CH2-])c2ccccc2Nc2[c-]c(OC3[C-]=c4c(c5ccccc5n4-c4cc(C(C)(C)C)ccn4)=CC3)ccc2)c([2H])c1[2H].[Pt]. The summed E-state index contributed by atoms with van der Waals surface area (Å²) >= 11 is 0. The molecule has 0 amide bonds. The molecule has 6 aromatic carbocycles. The third-order valence-electron chi connectivity index (χ3n) is 9.93. The Balaban J connectivity index is 0.00000625. The second-order valence-corrected chi connectivity index (χ2v) is 14.7. The minimum atomic E-state index is -0.574. The molecule has 0 saturated carbocycles. The summed E-state index contributed by atoms with van der Waals surface area (Å²) in [7, 11) is 4.40. The van der Waals surface area contributed by atoms with E-state index in [2.05, 4.69) is 74.1 Å². The maximum absolute atomic E-state index is 8.90. The number of para-hydroxylation sites is 4. The zero-order chi connectivity index (χ0) is 47.6. The van der Waals surface area contributed by atoms with E-state index in [1.807, 2.05) is 48.7 Å². The van der Waals surface area contributed by atoms with Crippen molar-refractivity contribution in [3.8, 4) is 33.8 Å². The van der Waals surface area contributed by atoms with Gasteiger partial charge in [-0.25, -0.2) is 11.1 Å². The Morgan fingerprint density at radius 2 is 1.50 bits per heavy atom. The minimum Gasteiger partial charge on any atom is -0.530 e. The van der Waals surface area contributed by atoms with Crippen molar-refractivity contribution < 1.29 is 39.5 Å². The first-order valence-electron chi connectivity index (χ1n) is 23.6. The van der Waals surface area contributed by atoms with E-state index in [1.54, 1.807) is 36.4 Å². The predicted molar refractivity (Wildman–Crippen MR) is 236 cm³/mol. The molecule has 0 fully saturated rings. The van der Waals surface area contributed by atoms with Crippen LogP contribution in [0.1, 0.15) is 46.5 Å². The van der Waals surface area contributed by atoms with E-state index in [0.29, 0.717) is 29.2 Å².